The van der Waals surface area contributed by atoms with E-state index in [0.717, 1.165) is 17.0 Å². The Morgan fingerprint density at radius 3 is 2.48 bits per heavy atom. The Balaban J connectivity index is 2.08. The van der Waals surface area contributed by atoms with Gasteiger partial charge in [-0.15, -0.1) is 11.8 Å². The Kier molecular flexibility index (Phi) is 8.86. The third-order valence-electron chi connectivity index (χ3n) is 4.20. The predicted octanol–water partition coefficient (Wildman–Crippen LogP) is 4.95. The number of hydrogen-bond donors (Lipinski definition) is 2. The summed E-state index contributed by atoms with van der Waals surface area (Å²) in [6, 6.07) is 12.8. The molecule has 6 nitrogen and oxygen atoms in total. The number of carbonyl (C=O) groups excluding carboxylic acids is 2. The number of hydrogen-bond acceptors (Lipinski definition) is 5. The fraction of sp³-hybridized carbons (Fsp3) is 0.364. The molecule has 0 saturated carbocycles. The first-order chi connectivity index (χ1) is 14.0. The van der Waals surface area contributed by atoms with Crippen molar-refractivity contribution in [1.29, 1.82) is 0 Å². The lowest BCUT2D eigenvalue weighted by Gasteiger charge is -2.17. The van der Waals surface area contributed by atoms with Crippen molar-refractivity contribution in [2.24, 2.45) is 0 Å². The summed E-state index contributed by atoms with van der Waals surface area (Å²) in [5, 5.41) is 5.54. The number of methoxy groups -OCH3 is 2. The molecule has 2 aromatic carbocycles. The van der Waals surface area contributed by atoms with E-state index in [1.807, 2.05) is 38.1 Å². The number of benzene rings is 2. The Morgan fingerprint density at radius 2 is 1.83 bits per heavy atom. The van der Waals surface area contributed by atoms with Gasteiger partial charge in [0, 0.05) is 23.1 Å². The highest BCUT2D eigenvalue weighted by Gasteiger charge is 2.20. The van der Waals surface area contributed by atoms with Crippen LogP contribution in [0.5, 0.6) is 11.5 Å². The molecule has 0 fully saturated rings. The zero-order chi connectivity index (χ0) is 21.2. The van der Waals surface area contributed by atoms with Crippen LogP contribution < -0.4 is 20.1 Å². The van der Waals surface area contributed by atoms with Gasteiger partial charge in [-0.25, -0.2) is 0 Å². The van der Waals surface area contributed by atoms with E-state index in [-0.39, 0.29) is 17.1 Å². The minimum Gasteiger partial charge on any atom is -0.497 e. The quantitative estimate of drug-likeness (QED) is 0.536. The summed E-state index contributed by atoms with van der Waals surface area (Å²) in [6.45, 7) is 3.93. The van der Waals surface area contributed by atoms with Crippen LogP contribution in [0.1, 0.15) is 33.1 Å². The molecule has 0 aliphatic heterocycles. The monoisotopic (exact) mass is 416 g/mol. The van der Waals surface area contributed by atoms with Crippen molar-refractivity contribution in [2.45, 2.75) is 43.3 Å². The minimum atomic E-state index is -0.289. The molecule has 2 amide bonds. The molecule has 1 unspecified atom stereocenters. The average Bonchev–Trinajstić information content (AvgIpc) is 2.72. The number of amides is 2. The first kappa shape index (κ1) is 22.6. The number of anilines is 2. The van der Waals surface area contributed by atoms with Gasteiger partial charge in [0.25, 0.3) is 0 Å². The van der Waals surface area contributed by atoms with Crippen LogP contribution in [-0.2, 0) is 9.59 Å². The lowest BCUT2D eigenvalue weighted by Crippen LogP contribution is -2.24. The molecule has 0 heterocycles. The number of nitrogens with one attached hydrogen (secondary N) is 2. The van der Waals surface area contributed by atoms with E-state index >= 15 is 0 Å². The second-order valence-corrected chi connectivity index (χ2v) is 7.67. The van der Waals surface area contributed by atoms with Crippen LogP contribution in [0.2, 0.25) is 0 Å². The van der Waals surface area contributed by atoms with Crippen molar-refractivity contribution in [3.63, 3.8) is 0 Å². The van der Waals surface area contributed by atoms with E-state index < -0.39 is 0 Å². The number of thioether (sulfide) groups is 1. The first-order valence-corrected chi connectivity index (χ1v) is 10.5. The fourth-order valence-electron chi connectivity index (χ4n) is 2.70. The van der Waals surface area contributed by atoms with Crippen molar-refractivity contribution in [1.82, 2.24) is 0 Å². The van der Waals surface area contributed by atoms with Crippen molar-refractivity contribution in [3.05, 3.63) is 42.5 Å². The van der Waals surface area contributed by atoms with E-state index in [1.165, 1.54) is 11.8 Å². The van der Waals surface area contributed by atoms with Gasteiger partial charge in [0.05, 0.1) is 25.2 Å². The Morgan fingerprint density at radius 1 is 1.03 bits per heavy atom. The third kappa shape index (κ3) is 6.71. The number of rotatable bonds is 10. The molecule has 1 atom stereocenters. The van der Waals surface area contributed by atoms with Gasteiger partial charge in [0.15, 0.2) is 0 Å². The van der Waals surface area contributed by atoms with Crippen LogP contribution >= 0.6 is 11.8 Å². The highest BCUT2D eigenvalue weighted by atomic mass is 32.2. The second-order valence-electron chi connectivity index (χ2n) is 6.40. The normalized spacial score (nSPS) is 11.4. The Hall–Kier alpha value is -2.67. The average molecular weight is 417 g/mol. The molecule has 2 N–H and O–H groups in total. The molecular formula is C22H28N2O4S. The highest BCUT2D eigenvalue weighted by Crippen LogP contribution is 2.32. The molecule has 2 aromatic rings. The van der Waals surface area contributed by atoms with Gasteiger partial charge in [-0.05, 0) is 43.2 Å². The van der Waals surface area contributed by atoms with Crippen LogP contribution in [0.25, 0.3) is 0 Å². The molecule has 7 heteroatoms. The standard InChI is InChI=1S/C22H28N2O4S/c1-5-8-21(25)23-15-9-7-10-17(13-15)29-20(6-2)22(26)24-18-12-11-16(27-3)14-19(18)28-4/h7,9-14,20H,5-6,8H2,1-4H3,(H,23,25)(H,24,26). The first-order valence-electron chi connectivity index (χ1n) is 9.60. The Labute approximate surface area is 176 Å². The zero-order valence-corrected chi connectivity index (χ0v) is 18.1. The van der Waals surface area contributed by atoms with E-state index in [1.54, 1.807) is 32.4 Å². The molecular weight excluding hydrogens is 388 g/mol. The Bertz CT molecular complexity index is 841. The zero-order valence-electron chi connectivity index (χ0n) is 17.3. The molecule has 0 radical (unpaired) electrons. The van der Waals surface area contributed by atoms with Crippen LogP contribution in [0.3, 0.4) is 0 Å². The number of carbonyl (C=O) groups is 2. The molecule has 0 bridgehead atoms. The maximum Gasteiger partial charge on any atom is 0.237 e. The van der Waals surface area contributed by atoms with Crippen LogP contribution in [0.4, 0.5) is 11.4 Å². The van der Waals surface area contributed by atoms with E-state index in [2.05, 4.69) is 10.6 Å². The van der Waals surface area contributed by atoms with Crippen molar-refractivity contribution in [3.8, 4) is 11.5 Å². The van der Waals surface area contributed by atoms with Gasteiger partial charge in [-0.1, -0.05) is 19.9 Å². The van der Waals surface area contributed by atoms with E-state index in [4.69, 9.17) is 9.47 Å². The van der Waals surface area contributed by atoms with Crippen LogP contribution in [-0.4, -0.2) is 31.3 Å². The van der Waals surface area contributed by atoms with Gasteiger partial charge in [-0.2, -0.15) is 0 Å². The van der Waals surface area contributed by atoms with Crippen molar-refractivity contribution < 1.29 is 19.1 Å². The summed E-state index contributed by atoms with van der Waals surface area (Å²) in [4.78, 5) is 25.6. The minimum absolute atomic E-state index is 0.00830. The molecule has 156 valence electrons. The molecule has 0 aliphatic rings. The van der Waals surface area contributed by atoms with Gasteiger partial charge >= 0.3 is 0 Å². The van der Waals surface area contributed by atoms with E-state index in [0.29, 0.717) is 30.0 Å². The summed E-state index contributed by atoms with van der Waals surface area (Å²) < 4.78 is 10.5. The highest BCUT2D eigenvalue weighted by molar-refractivity contribution is 8.00. The number of ether oxygens (including phenoxy) is 2. The largest absolute Gasteiger partial charge is 0.497 e. The summed E-state index contributed by atoms with van der Waals surface area (Å²) in [6.07, 6.45) is 1.94. The fourth-order valence-corrected chi connectivity index (χ4v) is 3.71. The summed E-state index contributed by atoms with van der Waals surface area (Å²) in [5.74, 6) is 1.08. The molecule has 2 rings (SSSR count). The lowest BCUT2D eigenvalue weighted by molar-refractivity contribution is -0.116. The van der Waals surface area contributed by atoms with Gasteiger partial charge in [0.2, 0.25) is 11.8 Å². The lowest BCUT2D eigenvalue weighted by atomic mass is 10.2. The maximum atomic E-state index is 12.8. The van der Waals surface area contributed by atoms with Gasteiger partial charge < -0.3 is 20.1 Å². The summed E-state index contributed by atoms with van der Waals surface area (Å²) >= 11 is 1.46. The molecule has 0 aromatic heterocycles. The summed E-state index contributed by atoms with van der Waals surface area (Å²) in [5.41, 5.74) is 1.33. The SMILES string of the molecule is CCCC(=O)Nc1cccc(SC(CC)C(=O)Nc2ccc(OC)cc2OC)c1. The maximum absolute atomic E-state index is 12.8. The second kappa shape index (κ2) is 11.4. The van der Waals surface area contributed by atoms with Crippen molar-refractivity contribution >= 4 is 35.0 Å². The topological polar surface area (TPSA) is 76.7 Å². The molecule has 0 saturated heterocycles. The van der Waals surface area contributed by atoms with Crippen molar-refractivity contribution in [2.75, 3.05) is 24.9 Å². The smallest absolute Gasteiger partial charge is 0.237 e. The molecule has 0 spiro atoms. The summed E-state index contributed by atoms with van der Waals surface area (Å²) in [7, 11) is 3.13. The van der Waals surface area contributed by atoms with Crippen LogP contribution in [0, 0.1) is 0 Å². The third-order valence-corrected chi connectivity index (χ3v) is 5.56. The predicted molar refractivity (Wildman–Crippen MR) is 118 cm³/mol. The van der Waals surface area contributed by atoms with E-state index in [9.17, 15) is 9.59 Å². The molecule has 0 aliphatic carbocycles. The van der Waals surface area contributed by atoms with Gasteiger partial charge in [0.1, 0.15) is 11.5 Å². The van der Waals surface area contributed by atoms with Gasteiger partial charge in [-0.3, -0.25) is 9.59 Å². The molecule has 29 heavy (non-hydrogen) atoms. The van der Waals surface area contributed by atoms with Crippen LogP contribution in [0.15, 0.2) is 47.4 Å².